The molecule has 1 aromatic rings. The fraction of sp³-hybridized carbons (Fsp3) is 0. The second-order valence-electron chi connectivity index (χ2n) is 2.31. The number of benzene rings is 1. The van der Waals surface area contributed by atoms with Crippen LogP contribution in [-0.2, 0) is 0 Å². The van der Waals surface area contributed by atoms with Crippen LogP contribution in [0.15, 0.2) is 0 Å². The van der Waals surface area contributed by atoms with E-state index in [1.807, 2.05) is 0 Å². The summed E-state index contributed by atoms with van der Waals surface area (Å²) < 4.78 is 50.5. The van der Waals surface area contributed by atoms with Gasteiger partial charge in [-0.25, -0.2) is 13.6 Å². The summed E-state index contributed by atoms with van der Waals surface area (Å²) in [5, 5.41) is 14.8. The molecule has 0 atom stereocenters. The number of carboxylic acids is 1. The van der Waals surface area contributed by atoms with Crippen LogP contribution in [0.3, 0.4) is 0 Å². The van der Waals surface area contributed by atoms with E-state index < -0.39 is 40.6 Å². The molecule has 76 valence electrons. The molecule has 7 heteroatoms. The lowest BCUT2D eigenvalue weighted by Crippen LogP contribution is -2.09. The molecule has 0 amide bonds. The number of aromatic carboxylic acids is 1. The minimum absolute atomic E-state index is 1.63. The Morgan fingerprint density at radius 3 is 1.64 bits per heavy atom. The predicted molar refractivity (Wildman–Crippen MR) is 36.3 cm³/mol. The van der Waals surface area contributed by atoms with E-state index >= 15 is 0 Å². The lowest BCUT2D eigenvalue weighted by Gasteiger charge is -2.01. The van der Waals surface area contributed by atoms with Crippen LogP contribution in [0.25, 0.3) is 0 Å². The van der Waals surface area contributed by atoms with E-state index in [1.54, 1.807) is 0 Å². The van der Waals surface area contributed by atoms with Gasteiger partial charge in [-0.2, -0.15) is 8.78 Å². The van der Waals surface area contributed by atoms with Crippen LogP contribution in [0.2, 0.25) is 0 Å². The fourth-order valence-electron chi connectivity index (χ4n) is 0.819. The van der Waals surface area contributed by atoms with Crippen LogP contribution in [0.1, 0.15) is 10.4 Å². The molecule has 0 aliphatic rings. The summed E-state index contributed by atoms with van der Waals surface area (Å²) in [5.41, 5.74) is -1.74. The maximum atomic E-state index is 12.7. The summed E-state index contributed by atoms with van der Waals surface area (Å²) in [6.07, 6.45) is 0. The van der Waals surface area contributed by atoms with Crippen molar-refractivity contribution in [3.63, 3.8) is 0 Å². The summed E-state index contributed by atoms with van der Waals surface area (Å²) in [5.74, 6) is -12.0. The largest absolute Gasteiger partial charge is 0.589 e. The van der Waals surface area contributed by atoms with Gasteiger partial charge in [-0.3, -0.25) is 0 Å². The number of hydrogen-bond acceptors (Lipinski definition) is 1. The number of halogens is 4. The molecular weight excluding hydrogens is 208 g/mol. The van der Waals surface area contributed by atoms with Crippen molar-refractivity contribution in [3.8, 4) is 5.75 Å². The van der Waals surface area contributed by atoms with Gasteiger partial charge in [-0.05, 0) is 0 Å². The summed E-state index contributed by atoms with van der Waals surface area (Å²) in [7, 11) is 0. The van der Waals surface area contributed by atoms with Gasteiger partial charge in [0.2, 0.25) is 0 Å². The average Bonchev–Trinajstić information content (AvgIpc) is 2.11. The first-order valence-corrected chi connectivity index (χ1v) is 3.18. The Morgan fingerprint density at radius 2 is 1.36 bits per heavy atom. The van der Waals surface area contributed by atoms with E-state index in [9.17, 15) is 22.4 Å². The van der Waals surface area contributed by atoms with Crippen molar-refractivity contribution in [1.82, 2.24) is 0 Å². The van der Waals surface area contributed by atoms with Gasteiger partial charge in [-0.15, -0.1) is 0 Å². The molecule has 1 rings (SSSR count). The summed E-state index contributed by atoms with van der Waals surface area (Å²) in [6, 6.07) is 0. The third-order valence-corrected chi connectivity index (χ3v) is 1.48. The smallest absolute Gasteiger partial charge is 0.341 e. The van der Waals surface area contributed by atoms with Gasteiger partial charge in [0.05, 0.1) is 0 Å². The zero-order chi connectivity index (χ0) is 11.0. The summed E-state index contributed by atoms with van der Waals surface area (Å²) >= 11 is 0. The molecule has 0 bridgehead atoms. The molecule has 0 spiro atoms. The van der Waals surface area contributed by atoms with Crippen LogP contribution < -0.4 is 0 Å². The number of carboxylic acid groups (broad SMARTS) is 1. The standard InChI is InChI=1S/C7H2F4O3/c8-2-1(7(13)14)3(9)5(11)6(12)4(2)10/h12H,(H,13,14)/p+1. The highest BCUT2D eigenvalue weighted by Gasteiger charge is 2.31. The van der Waals surface area contributed by atoms with E-state index in [0.717, 1.165) is 0 Å². The number of rotatable bonds is 1. The van der Waals surface area contributed by atoms with Gasteiger partial charge >= 0.3 is 11.7 Å². The Bertz CT molecular complexity index is 387. The van der Waals surface area contributed by atoms with Gasteiger partial charge < -0.3 is 10.2 Å². The monoisotopic (exact) mass is 211 g/mol. The highest BCUT2D eigenvalue weighted by molar-refractivity contribution is 5.88. The third kappa shape index (κ3) is 1.26. The molecule has 0 aliphatic carbocycles. The number of hydrogen-bond donors (Lipinski definition) is 1. The SMILES string of the molecule is O=C(O)c1c(F)c(F)c([OH2+])c(F)c1F. The average molecular weight is 211 g/mol. The van der Waals surface area contributed by atoms with Crippen LogP contribution >= 0.6 is 0 Å². The van der Waals surface area contributed by atoms with Crippen molar-refractivity contribution in [2.75, 3.05) is 0 Å². The van der Waals surface area contributed by atoms with Crippen molar-refractivity contribution in [3.05, 3.63) is 28.8 Å². The lowest BCUT2D eigenvalue weighted by molar-refractivity contribution is 0.0683. The van der Waals surface area contributed by atoms with Crippen molar-refractivity contribution in [2.45, 2.75) is 0 Å². The minimum atomic E-state index is -2.14. The molecule has 3 N–H and O–H groups in total. The molecule has 0 saturated heterocycles. The normalized spacial score (nSPS) is 10.3. The van der Waals surface area contributed by atoms with Crippen LogP contribution in [0.5, 0.6) is 5.75 Å². The maximum absolute atomic E-state index is 12.7. The van der Waals surface area contributed by atoms with Crippen molar-refractivity contribution >= 4 is 5.97 Å². The fourth-order valence-corrected chi connectivity index (χ4v) is 0.819. The molecule has 0 aliphatic heterocycles. The Balaban J connectivity index is 3.68. The van der Waals surface area contributed by atoms with Crippen LogP contribution in [0, 0.1) is 23.3 Å². The summed E-state index contributed by atoms with van der Waals surface area (Å²) in [6.45, 7) is 0. The van der Waals surface area contributed by atoms with Crippen molar-refractivity contribution in [1.29, 1.82) is 0 Å². The molecule has 0 unspecified atom stereocenters. The Labute approximate surface area is 74.2 Å². The van der Waals surface area contributed by atoms with E-state index in [1.165, 1.54) is 0 Å². The van der Waals surface area contributed by atoms with E-state index in [4.69, 9.17) is 10.2 Å². The van der Waals surface area contributed by atoms with Gasteiger partial charge in [0, 0.05) is 0 Å². The molecule has 0 aromatic heterocycles. The first-order chi connectivity index (χ1) is 6.37. The van der Waals surface area contributed by atoms with E-state index in [-0.39, 0.29) is 0 Å². The quantitative estimate of drug-likeness (QED) is 0.433. The zero-order valence-corrected chi connectivity index (χ0v) is 6.37. The molecule has 14 heavy (non-hydrogen) atoms. The maximum Gasteiger partial charge on any atom is 0.341 e. The third-order valence-electron chi connectivity index (χ3n) is 1.48. The zero-order valence-electron chi connectivity index (χ0n) is 6.37. The van der Waals surface area contributed by atoms with Crippen molar-refractivity contribution in [2.24, 2.45) is 0 Å². The Kier molecular flexibility index (Phi) is 2.33. The van der Waals surface area contributed by atoms with Gasteiger partial charge in [-0.1, -0.05) is 0 Å². The topological polar surface area (TPSA) is 60.2 Å². The lowest BCUT2D eigenvalue weighted by atomic mass is 10.1. The second kappa shape index (κ2) is 3.17. The molecule has 0 radical (unpaired) electrons. The molecule has 1 aromatic carbocycles. The van der Waals surface area contributed by atoms with E-state index in [2.05, 4.69) is 0 Å². The highest BCUT2D eigenvalue weighted by atomic mass is 19.2. The molecule has 0 heterocycles. The first-order valence-electron chi connectivity index (χ1n) is 3.18. The van der Waals surface area contributed by atoms with Gasteiger partial charge in [0.15, 0.2) is 11.6 Å². The molecule has 3 nitrogen and oxygen atoms in total. The van der Waals surface area contributed by atoms with Crippen molar-refractivity contribution < 1.29 is 32.6 Å². The molecular formula is C7H3F4O3+. The molecule has 0 saturated carbocycles. The second-order valence-corrected chi connectivity index (χ2v) is 2.31. The Morgan fingerprint density at radius 1 is 1.00 bits per heavy atom. The highest BCUT2D eigenvalue weighted by Crippen LogP contribution is 2.28. The van der Waals surface area contributed by atoms with Crippen LogP contribution in [0.4, 0.5) is 17.6 Å². The number of carbonyl (C=O) groups is 1. The first kappa shape index (κ1) is 10.3. The predicted octanol–water partition coefficient (Wildman–Crippen LogP) is 1.38. The van der Waals surface area contributed by atoms with E-state index in [0.29, 0.717) is 0 Å². The van der Waals surface area contributed by atoms with Crippen LogP contribution in [-0.4, -0.2) is 16.2 Å². The van der Waals surface area contributed by atoms with Gasteiger partial charge in [0.1, 0.15) is 5.56 Å². The molecule has 0 fully saturated rings. The Hall–Kier alpha value is -1.79. The minimum Gasteiger partial charge on any atom is -0.589 e. The van der Waals surface area contributed by atoms with Gasteiger partial charge in [0.25, 0.3) is 11.6 Å². The summed E-state index contributed by atoms with van der Waals surface area (Å²) in [4.78, 5) is 10.2.